The fraction of sp³-hybridized carbons (Fsp3) is 0.217. The zero-order valence-electron chi connectivity index (χ0n) is 15.9. The van der Waals surface area contributed by atoms with E-state index in [0.29, 0.717) is 13.2 Å². The van der Waals surface area contributed by atoms with E-state index in [1.165, 1.54) is 11.1 Å². The molecule has 140 valence electrons. The van der Waals surface area contributed by atoms with Gasteiger partial charge in [-0.1, -0.05) is 52.3 Å². The smallest absolute Gasteiger partial charge is 0.167 e. The third-order valence-electron chi connectivity index (χ3n) is 4.59. The van der Waals surface area contributed by atoms with Gasteiger partial charge in [-0.05, 0) is 54.8 Å². The summed E-state index contributed by atoms with van der Waals surface area (Å²) in [7, 11) is 1.67. The topological polar surface area (TPSA) is 30.5 Å². The molecule has 0 atom stereocenters. The molecule has 0 aliphatic rings. The van der Waals surface area contributed by atoms with Gasteiger partial charge in [-0.15, -0.1) is 0 Å². The maximum absolute atomic E-state index is 6.16. The van der Waals surface area contributed by atoms with Crippen molar-refractivity contribution in [1.29, 1.82) is 0 Å². The minimum atomic E-state index is 0.490. The molecule has 0 fully saturated rings. The first-order chi connectivity index (χ1) is 13.1. The van der Waals surface area contributed by atoms with Gasteiger partial charge in [0.15, 0.2) is 11.5 Å². The number of hydrogen-bond acceptors (Lipinski definition) is 3. The number of nitrogens with one attached hydrogen (secondary N) is 1. The van der Waals surface area contributed by atoms with Crippen molar-refractivity contribution in [3.8, 4) is 11.5 Å². The van der Waals surface area contributed by atoms with Crippen LogP contribution < -0.4 is 14.8 Å². The lowest BCUT2D eigenvalue weighted by atomic mass is 10.1. The van der Waals surface area contributed by atoms with Gasteiger partial charge >= 0.3 is 0 Å². The Morgan fingerprint density at radius 1 is 0.926 bits per heavy atom. The average Bonchev–Trinajstić information content (AvgIpc) is 2.69. The van der Waals surface area contributed by atoms with Crippen LogP contribution >= 0.6 is 15.9 Å². The molecule has 4 heteroatoms. The van der Waals surface area contributed by atoms with Gasteiger partial charge in [-0.25, -0.2) is 0 Å². The molecule has 3 aromatic carbocycles. The molecule has 0 aliphatic carbocycles. The maximum Gasteiger partial charge on any atom is 0.167 e. The molecule has 0 aliphatic heterocycles. The van der Waals surface area contributed by atoms with Crippen LogP contribution in [0.5, 0.6) is 11.5 Å². The largest absolute Gasteiger partial charge is 0.493 e. The molecule has 27 heavy (non-hydrogen) atoms. The minimum Gasteiger partial charge on any atom is -0.493 e. The number of ether oxygens (including phenoxy) is 2. The van der Waals surface area contributed by atoms with Gasteiger partial charge in [0, 0.05) is 22.3 Å². The number of hydrogen-bond donors (Lipinski definition) is 1. The van der Waals surface area contributed by atoms with E-state index < -0.39 is 0 Å². The first-order valence-corrected chi connectivity index (χ1v) is 9.71. The Hall–Kier alpha value is -2.46. The van der Waals surface area contributed by atoms with Gasteiger partial charge in [0.25, 0.3) is 0 Å². The molecule has 0 heterocycles. The number of methoxy groups -OCH3 is 1. The van der Waals surface area contributed by atoms with E-state index >= 15 is 0 Å². The van der Waals surface area contributed by atoms with Crippen LogP contribution in [-0.2, 0) is 13.2 Å². The fourth-order valence-electron chi connectivity index (χ4n) is 2.84. The quantitative estimate of drug-likeness (QED) is 0.483. The van der Waals surface area contributed by atoms with E-state index in [1.54, 1.807) is 7.11 Å². The monoisotopic (exact) mass is 425 g/mol. The van der Waals surface area contributed by atoms with Crippen LogP contribution in [0.1, 0.15) is 22.3 Å². The van der Waals surface area contributed by atoms with E-state index in [2.05, 4.69) is 65.4 Å². The second-order valence-electron chi connectivity index (χ2n) is 6.48. The molecule has 0 saturated carbocycles. The van der Waals surface area contributed by atoms with Gasteiger partial charge in [0.05, 0.1) is 7.11 Å². The van der Waals surface area contributed by atoms with Gasteiger partial charge in [-0.2, -0.15) is 0 Å². The van der Waals surface area contributed by atoms with Crippen molar-refractivity contribution in [3.63, 3.8) is 0 Å². The summed E-state index contributed by atoms with van der Waals surface area (Å²) >= 11 is 3.66. The number of anilines is 1. The lowest BCUT2D eigenvalue weighted by Crippen LogP contribution is -2.06. The van der Waals surface area contributed by atoms with Crippen molar-refractivity contribution >= 4 is 21.6 Å². The Labute approximate surface area is 169 Å². The van der Waals surface area contributed by atoms with Gasteiger partial charge in [-0.3, -0.25) is 0 Å². The van der Waals surface area contributed by atoms with Gasteiger partial charge in [0.2, 0.25) is 0 Å². The predicted octanol–water partition coefficient (Wildman–Crippen LogP) is 6.27. The van der Waals surface area contributed by atoms with Crippen molar-refractivity contribution in [1.82, 2.24) is 0 Å². The van der Waals surface area contributed by atoms with Gasteiger partial charge in [0.1, 0.15) is 6.61 Å². The molecule has 1 N–H and O–H groups in total. The standard InChI is InChI=1S/C23H24BrNO2/c1-16-9-10-19(13-17(16)2)25-14-20-21(24)11-12-22(26-3)23(20)27-15-18-7-5-4-6-8-18/h4-13,25H,14-15H2,1-3H3. The van der Waals surface area contributed by atoms with Crippen LogP contribution in [0.25, 0.3) is 0 Å². The van der Waals surface area contributed by atoms with Crippen LogP contribution in [0.2, 0.25) is 0 Å². The van der Waals surface area contributed by atoms with Crippen LogP contribution in [0.4, 0.5) is 5.69 Å². The third-order valence-corrected chi connectivity index (χ3v) is 5.33. The summed E-state index contributed by atoms with van der Waals surface area (Å²) in [5.41, 5.74) is 5.79. The highest BCUT2D eigenvalue weighted by atomic mass is 79.9. The number of aryl methyl sites for hydroxylation is 2. The van der Waals surface area contributed by atoms with Crippen molar-refractivity contribution in [2.24, 2.45) is 0 Å². The highest BCUT2D eigenvalue weighted by Crippen LogP contribution is 2.37. The minimum absolute atomic E-state index is 0.490. The fourth-order valence-corrected chi connectivity index (χ4v) is 3.29. The van der Waals surface area contributed by atoms with E-state index in [9.17, 15) is 0 Å². The molecule has 0 aromatic heterocycles. The number of halogens is 1. The first-order valence-electron chi connectivity index (χ1n) is 8.91. The molecule has 0 saturated heterocycles. The zero-order chi connectivity index (χ0) is 19.2. The van der Waals surface area contributed by atoms with Crippen LogP contribution in [0, 0.1) is 13.8 Å². The SMILES string of the molecule is COc1ccc(Br)c(CNc2ccc(C)c(C)c2)c1OCc1ccccc1. The third kappa shape index (κ3) is 4.83. The van der Waals surface area contributed by atoms with Crippen LogP contribution in [0.15, 0.2) is 65.1 Å². The number of benzene rings is 3. The summed E-state index contributed by atoms with van der Waals surface area (Å²) < 4.78 is 12.7. The summed E-state index contributed by atoms with van der Waals surface area (Å²) in [5.74, 6) is 1.48. The van der Waals surface area contributed by atoms with E-state index in [4.69, 9.17) is 9.47 Å². The molecule has 3 aromatic rings. The first kappa shape index (κ1) is 19.3. The Morgan fingerprint density at radius 3 is 2.41 bits per heavy atom. The van der Waals surface area contributed by atoms with Crippen LogP contribution in [0.3, 0.4) is 0 Å². The predicted molar refractivity (Wildman–Crippen MR) is 115 cm³/mol. The lowest BCUT2D eigenvalue weighted by molar-refractivity contribution is 0.281. The molecular formula is C23H24BrNO2. The second kappa shape index (κ2) is 8.96. The summed E-state index contributed by atoms with van der Waals surface area (Å²) in [4.78, 5) is 0. The molecule has 0 spiro atoms. The van der Waals surface area contributed by atoms with E-state index in [1.807, 2.05) is 30.3 Å². The van der Waals surface area contributed by atoms with Gasteiger partial charge < -0.3 is 14.8 Å². The summed E-state index contributed by atoms with van der Waals surface area (Å²) in [6.07, 6.45) is 0. The van der Waals surface area contributed by atoms with E-state index in [0.717, 1.165) is 32.8 Å². The lowest BCUT2D eigenvalue weighted by Gasteiger charge is -2.18. The summed E-state index contributed by atoms with van der Waals surface area (Å²) in [6, 6.07) is 20.4. The molecular weight excluding hydrogens is 402 g/mol. The molecule has 0 unspecified atom stereocenters. The van der Waals surface area contributed by atoms with Crippen molar-refractivity contribution in [2.45, 2.75) is 27.0 Å². The van der Waals surface area contributed by atoms with Crippen LogP contribution in [-0.4, -0.2) is 7.11 Å². The maximum atomic E-state index is 6.16. The highest BCUT2D eigenvalue weighted by Gasteiger charge is 2.15. The van der Waals surface area contributed by atoms with Crippen molar-refractivity contribution in [3.05, 3.63) is 87.4 Å². The van der Waals surface area contributed by atoms with Crippen molar-refractivity contribution in [2.75, 3.05) is 12.4 Å². The Bertz CT molecular complexity index is 910. The number of rotatable bonds is 7. The Kier molecular flexibility index (Phi) is 6.40. The second-order valence-corrected chi connectivity index (χ2v) is 7.34. The molecule has 0 amide bonds. The Balaban J connectivity index is 1.83. The Morgan fingerprint density at radius 2 is 1.70 bits per heavy atom. The average molecular weight is 426 g/mol. The molecule has 0 bridgehead atoms. The summed E-state index contributed by atoms with van der Waals surface area (Å²) in [5, 5.41) is 3.49. The van der Waals surface area contributed by atoms with E-state index in [-0.39, 0.29) is 0 Å². The highest BCUT2D eigenvalue weighted by molar-refractivity contribution is 9.10. The zero-order valence-corrected chi connectivity index (χ0v) is 17.5. The summed E-state index contributed by atoms with van der Waals surface area (Å²) in [6.45, 7) is 5.36. The van der Waals surface area contributed by atoms with Crippen molar-refractivity contribution < 1.29 is 9.47 Å². The molecule has 3 rings (SSSR count). The normalized spacial score (nSPS) is 10.5. The molecule has 3 nitrogen and oxygen atoms in total. The molecule has 0 radical (unpaired) electrons.